The normalized spacial score (nSPS) is 21.2. The Kier molecular flexibility index (Phi) is 4.61. The number of rotatable bonds is 3. The Morgan fingerprint density at radius 1 is 0.778 bits per heavy atom. The van der Waals surface area contributed by atoms with E-state index in [4.69, 9.17) is 0 Å². The van der Waals surface area contributed by atoms with E-state index >= 15 is 0 Å². The highest BCUT2D eigenvalue weighted by Crippen LogP contribution is 2.29. The molecule has 5 nitrogen and oxygen atoms in total. The monoisotopic (exact) mass is 371 g/mol. The predicted molar refractivity (Wildman–Crippen MR) is 97.5 cm³/mol. The van der Waals surface area contributed by atoms with Crippen LogP contribution in [0.4, 0.5) is 20.2 Å². The molecule has 2 amide bonds. The minimum atomic E-state index is -0.597. The molecular weight excluding hydrogens is 352 g/mol. The second kappa shape index (κ2) is 7.08. The average Bonchev–Trinajstić information content (AvgIpc) is 2.97. The molecule has 1 atom stereocenters. The fraction of sp³-hybridized carbons (Fsp3) is 0.300. The minimum absolute atomic E-state index is 0.00000685. The zero-order chi connectivity index (χ0) is 19.0. The van der Waals surface area contributed by atoms with E-state index in [-0.39, 0.29) is 17.9 Å². The van der Waals surface area contributed by atoms with Gasteiger partial charge in [0.2, 0.25) is 5.91 Å². The fourth-order valence-electron chi connectivity index (χ4n) is 3.77. The van der Waals surface area contributed by atoms with Gasteiger partial charge in [-0.05, 0) is 24.3 Å². The van der Waals surface area contributed by atoms with Crippen LogP contribution in [0.25, 0.3) is 0 Å². The van der Waals surface area contributed by atoms with Crippen LogP contribution in [0.3, 0.4) is 0 Å². The van der Waals surface area contributed by atoms with Crippen molar-refractivity contribution in [3.8, 4) is 0 Å². The number of para-hydroxylation sites is 2. The van der Waals surface area contributed by atoms with Gasteiger partial charge in [-0.3, -0.25) is 14.5 Å². The molecule has 0 unspecified atom stereocenters. The number of anilines is 2. The Hall–Kier alpha value is -2.80. The molecule has 0 aliphatic carbocycles. The van der Waals surface area contributed by atoms with E-state index < -0.39 is 23.7 Å². The van der Waals surface area contributed by atoms with Crippen LogP contribution in [0.2, 0.25) is 0 Å². The van der Waals surface area contributed by atoms with Crippen LogP contribution in [0.5, 0.6) is 0 Å². The molecule has 4 rings (SSSR count). The number of hydrogen-bond donors (Lipinski definition) is 0. The third-order valence-corrected chi connectivity index (χ3v) is 5.16. The van der Waals surface area contributed by atoms with Gasteiger partial charge in [0.15, 0.2) is 0 Å². The highest BCUT2D eigenvalue weighted by Gasteiger charge is 2.44. The van der Waals surface area contributed by atoms with Crippen LogP contribution in [-0.4, -0.2) is 48.9 Å². The van der Waals surface area contributed by atoms with Gasteiger partial charge in [-0.25, -0.2) is 13.7 Å². The molecule has 0 radical (unpaired) electrons. The summed E-state index contributed by atoms with van der Waals surface area (Å²) in [6.07, 6.45) is 0.0346. The molecule has 0 spiro atoms. The molecule has 7 heteroatoms. The number of piperazine rings is 1. The SMILES string of the molecule is O=C1C[C@H](N2CCN(c3ccccc3F)CC2)C(=O)N1c1ccccc1F. The average molecular weight is 371 g/mol. The van der Waals surface area contributed by atoms with Gasteiger partial charge < -0.3 is 4.90 Å². The molecule has 2 heterocycles. The van der Waals surface area contributed by atoms with Crippen LogP contribution in [0, 0.1) is 11.6 Å². The van der Waals surface area contributed by atoms with Crippen molar-refractivity contribution in [2.24, 2.45) is 0 Å². The maximum absolute atomic E-state index is 14.0. The van der Waals surface area contributed by atoms with E-state index in [1.54, 1.807) is 24.3 Å². The van der Waals surface area contributed by atoms with Gasteiger partial charge in [0.05, 0.1) is 23.8 Å². The number of hydrogen-bond acceptors (Lipinski definition) is 4. The summed E-state index contributed by atoms with van der Waals surface area (Å²) in [4.78, 5) is 30.0. The topological polar surface area (TPSA) is 43.9 Å². The fourth-order valence-corrected chi connectivity index (χ4v) is 3.77. The van der Waals surface area contributed by atoms with Gasteiger partial charge >= 0.3 is 0 Å². The van der Waals surface area contributed by atoms with Gasteiger partial charge in [0, 0.05) is 26.2 Å². The standard InChI is InChI=1S/C20H19F2N3O2/c21-14-5-1-3-7-16(14)23-9-11-24(12-10-23)18-13-19(26)25(20(18)27)17-8-4-2-6-15(17)22/h1-8,18H,9-13H2/t18-/m0/s1. The van der Waals surface area contributed by atoms with Crippen molar-refractivity contribution in [1.29, 1.82) is 0 Å². The summed E-state index contributed by atoms with van der Waals surface area (Å²) in [5.41, 5.74) is 0.541. The van der Waals surface area contributed by atoms with E-state index in [1.165, 1.54) is 24.3 Å². The third-order valence-electron chi connectivity index (χ3n) is 5.16. The Balaban J connectivity index is 1.46. The number of carbonyl (C=O) groups is 2. The summed E-state index contributed by atoms with van der Waals surface area (Å²) in [5, 5.41) is 0. The molecule has 2 aromatic carbocycles. The first-order chi connectivity index (χ1) is 13.1. The maximum atomic E-state index is 14.0. The number of nitrogens with zero attached hydrogens (tertiary/aromatic N) is 3. The highest BCUT2D eigenvalue weighted by atomic mass is 19.1. The number of amides is 2. The molecule has 2 aromatic rings. The van der Waals surface area contributed by atoms with Gasteiger partial charge in [0.25, 0.3) is 5.91 Å². The molecule has 0 saturated carbocycles. The van der Waals surface area contributed by atoms with E-state index in [9.17, 15) is 18.4 Å². The van der Waals surface area contributed by atoms with Crippen molar-refractivity contribution in [1.82, 2.24) is 4.90 Å². The lowest BCUT2D eigenvalue weighted by atomic mass is 10.1. The molecule has 140 valence electrons. The van der Waals surface area contributed by atoms with Gasteiger partial charge in [-0.15, -0.1) is 0 Å². The molecule has 0 aromatic heterocycles. The van der Waals surface area contributed by atoms with Crippen LogP contribution in [-0.2, 0) is 9.59 Å². The van der Waals surface area contributed by atoms with E-state index in [1.807, 2.05) is 9.80 Å². The number of imide groups is 1. The van der Waals surface area contributed by atoms with Crippen molar-refractivity contribution < 1.29 is 18.4 Å². The summed E-state index contributed by atoms with van der Waals surface area (Å²) >= 11 is 0. The van der Waals surface area contributed by atoms with E-state index in [0.717, 1.165) is 4.90 Å². The van der Waals surface area contributed by atoms with Crippen LogP contribution in [0.1, 0.15) is 6.42 Å². The largest absolute Gasteiger partial charge is 0.367 e. The Morgan fingerprint density at radius 3 is 1.93 bits per heavy atom. The zero-order valence-corrected chi connectivity index (χ0v) is 14.6. The van der Waals surface area contributed by atoms with Crippen LogP contribution < -0.4 is 9.80 Å². The number of halogens is 2. The minimum Gasteiger partial charge on any atom is -0.367 e. The summed E-state index contributed by atoms with van der Waals surface area (Å²) in [7, 11) is 0. The lowest BCUT2D eigenvalue weighted by molar-refractivity contribution is -0.123. The van der Waals surface area contributed by atoms with Crippen molar-refractivity contribution in [3.63, 3.8) is 0 Å². The Morgan fingerprint density at radius 2 is 1.33 bits per heavy atom. The molecule has 2 fully saturated rings. The summed E-state index contributed by atoms with van der Waals surface area (Å²) < 4.78 is 28.0. The molecule has 0 N–H and O–H groups in total. The van der Waals surface area contributed by atoms with E-state index in [2.05, 4.69) is 0 Å². The molecule has 2 aliphatic heterocycles. The van der Waals surface area contributed by atoms with Crippen LogP contribution >= 0.6 is 0 Å². The van der Waals surface area contributed by atoms with Gasteiger partial charge in [-0.1, -0.05) is 24.3 Å². The quantitative estimate of drug-likeness (QED) is 0.778. The van der Waals surface area contributed by atoms with Crippen molar-refractivity contribution >= 4 is 23.2 Å². The second-order valence-corrected chi connectivity index (χ2v) is 6.71. The van der Waals surface area contributed by atoms with Crippen LogP contribution in [0.15, 0.2) is 48.5 Å². The van der Waals surface area contributed by atoms with Crippen molar-refractivity contribution in [3.05, 3.63) is 60.2 Å². The number of benzene rings is 2. The zero-order valence-electron chi connectivity index (χ0n) is 14.6. The predicted octanol–water partition coefficient (Wildman–Crippen LogP) is 2.42. The molecule has 2 aliphatic rings. The third kappa shape index (κ3) is 3.19. The summed E-state index contributed by atoms with van der Waals surface area (Å²) in [5.74, 6) is -1.66. The Labute approximate surface area is 155 Å². The van der Waals surface area contributed by atoms with E-state index in [0.29, 0.717) is 31.9 Å². The lowest BCUT2D eigenvalue weighted by Crippen LogP contribution is -2.52. The second-order valence-electron chi connectivity index (χ2n) is 6.71. The molecule has 27 heavy (non-hydrogen) atoms. The summed E-state index contributed by atoms with van der Waals surface area (Å²) in [6.45, 7) is 2.17. The maximum Gasteiger partial charge on any atom is 0.251 e. The first-order valence-electron chi connectivity index (χ1n) is 8.91. The van der Waals surface area contributed by atoms with Crippen molar-refractivity contribution in [2.45, 2.75) is 12.5 Å². The smallest absolute Gasteiger partial charge is 0.251 e. The lowest BCUT2D eigenvalue weighted by Gasteiger charge is -2.38. The number of carbonyl (C=O) groups excluding carboxylic acids is 2. The highest BCUT2D eigenvalue weighted by molar-refractivity contribution is 6.22. The first-order valence-corrected chi connectivity index (χ1v) is 8.91. The first kappa shape index (κ1) is 17.6. The van der Waals surface area contributed by atoms with Gasteiger partial charge in [0.1, 0.15) is 11.6 Å². The summed E-state index contributed by atoms with van der Waals surface area (Å²) in [6, 6.07) is 11.8. The molecule has 0 bridgehead atoms. The molecular formula is C20H19F2N3O2. The van der Waals surface area contributed by atoms with Crippen molar-refractivity contribution in [2.75, 3.05) is 36.0 Å². The molecule has 2 saturated heterocycles. The van der Waals surface area contributed by atoms with Gasteiger partial charge in [-0.2, -0.15) is 0 Å². The Bertz CT molecular complexity index is 881.